The van der Waals surface area contributed by atoms with Crippen molar-refractivity contribution in [2.75, 3.05) is 36.5 Å². The molecule has 4 nitrogen and oxygen atoms in total. The van der Waals surface area contributed by atoms with E-state index in [1.807, 2.05) is 23.9 Å². The lowest BCUT2D eigenvalue weighted by Gasteiger charge is -2.26. The van der Waals surface area contributed by atoms with Crippen molar-refractivity contribution in [2.45, 2.75) is 31.8 Å². The van der Waals surface area contributed by atoms with Gasteiger partial charge in [-0.15, -0.1) is 0 Å². The van der Waals surface area contributed by atoms with Crippen molar-refractivity contribution >= 4 is 23.4 Å². The van der Waals surface area contributed by atoms with E-state index >= 15 is 0 Å². The number of hydrogen-bond donors (Lipinski definition) is 2. The summed E-state index contributed by atoms with van der Waals surface area (Å²) in [5.41, 5.74) is 2.13. The van der Waals surface area contributed by atoms with E-state index in [0.717, 1.165) is 37.9 Å². The van der Waals surface area contributed by atoms with Gasteiger partial charge >= 0.3 is 0 Å². The van der Waals surface area contributed by atoms with Gasteiger partial charge in [0.2, 0.25) is 5.91 Å². The highest BCUT2D eigenvalue weighted by molar-refractivity contribution is 7.99. The Kier molecular flexibility index (Phi) is 5.97. The smallest absolute Gasteiger partial charge is 0.230 e. The molecule has 1 aliphatic carbocycles. The number of aliphatic hydroxyl groups is 1. The topological polar surface area (TPSA) is 52.6 Å². The Morgan fingerprint density at radius 3 is 2.61 bits per heavy atom. The highest BCUT2D eigenvalue weighted by Gasteiger charge is 2.31. The predicted octanol–water partition coefficient (Wildman–Crippen LogP) is 2.38. The van der Waals surface area contributed by atoms with E-state index in [4.69, 9.17) is 0 Å². The van der Waals surface area contributed by atoms with Crippen LogP contribution in [0.3, 0.4) is 0 Å². The zero-order valence-electron chi connectivity index (χ0n) is 13.5. The van der Waals surface area contributed by atoms with Gasteiger partial charge in [-0.25, -0.2) is 0 Å². The summed E-state index contributed by atoms with van der Waals surface area (Å²) in [6.45, 7) is 3.51. The average molecular weight is 334 g/mol. The van der Waals surface area contributed by atoms with E-state index in [1.165, 1.54) is 30.2 Å². The van der Waals surface area contributed by atoms with E-state index in [0.29, 0.717) is 0 Å². The Bertz CT molecular complexity index is 514. The van der Waals surface area contributed by atoms with Gasteiger partial charge in [0.25, 0.3) is 0 Å². The predicted molar refractivity (Wildman–Crippen MR) is 95.9 cm³/mol. The second-order valence-corrected chi connectivity index (χ2v) is 7.72. The number of amides is 1. The maximum absolute atomic E-state index is 12.2. The number of aliphatic hydroxyl groups excluding tert-OH is 1. The molecule has 0 radical (unpaired) electrons. The minimum absolute atomic E-state index is 0.0476. The molecule has 23 heavy (non-hydrogen) atoms. The van der Waals surface area contributed by atoms with Gasteiger partial charge < -0.3 is 15.3 Å². The molecule has 1 saturated carbocycles. The van der Waals surface area contributed by atoms with E-state index in [-0.39, 0.29) is 11.8 Å². The van der Waals surface area contributed by atoms with Crippen molar-refractivity contribution in [3.8, 4) is 0 Å². The van der Waals surface area contributed by atoms with Gasteiger partial charge in [0.1, 0.15) is 0 Å². The van der Waals surface area contributed by atoms with Crippen LogP contribution in [0.1, 0.15) is 24.8 Å². The average Bonchev–Trinajstić information content (AvgIpc) is 3.01. The molecule has 2 atom stereocenters. The van der Waals surface area contributed by atoms with Crippen molar-refractivity contribution in [1.29, 1.82) is 0 Å². The third-order valence-electron chi connectivity index (χ3n) is 4.86. The summed E-state index contributed by atoms with van der Waals surface area (Å²) >= 11 is 2.04. The van der Waals surface area contributed by atoms with Crippen LogP contribution in [0, 0.1) is 5.92 Å². The molecule has 3 rings (SSSR count). The molecule has 1 heterocycles. The van der Waals surface area contributed by atoms with Crippen molar-refractivity contribution in [3.63, 3.8) is 0 Å². The standard InChI is InChI=1S/C18H26N2O2S/c21-17-3-1-2-16(17)18(22)19-15-6-4-14(5-7-15)8-9-20-10-12-23-13-11-20/h4-7,16-17,21H,1-3,8-13H2,(H,19,22). The molecule has 2 N–H and O–H groups in total. The first-order chi connectivity index (χ1) is 11.2. The normalized spacial score (nSPS) is 25.4. The highest BCUT2D eigenvalue weighted by Crippen LogP contribution is 2.26. The molecular formula is C18H26N2O2S. The quantitative estimate of drug-likeness (QED) is 0.868. The van der Waals surface area contributed by atoms with Crippen molar-refractivity contribution < 1.29 is 9.90 Å². The number of thioether (sulfide) groups is 1. The number of benzene rings is 1. The molecule has 2 aliphatic rings. The summed E-state index contributed by atoms with van der Waals surface area (Å²) in [5, 5.41) is 12.7. The zero-order valence-corrected chi connectivity index (χ0v) is 14.4. The summed E-state index contributed by atoms with van der Waals surface area (Å²) in [4.78, 5) is 14.7. The molecule has 1 saturated heterocycles. The maximum atomic E-state index is 12.2. The number of carbonyl (C=O) groups excluding carboxylic acids is 1. The maximum Gasteiger partial charge on any atom is 0.230 e. The van der Waals surface area contributed by atoms with Crippen LogP contribution < -0.4 is 5.32 Å². The van der Waals surface area contributed by atoms with Crippen LogP contribution in [-0.4, -0.2) is 53.2 Å². The Balaban J connectivity index is 1.47. The van der Waals surface area contributed by atoms with Gasteiger partial charge in [-0.2, -0.15) is 11.8 Å². The Hall–Kier alpha value is -1.04. The molecule has 1 aromatic rings. The van der Waals surface area contributed by atoms with Crippen LogP contribution in [0.5, 0.6) is 0 Å². The van der Waals surface area contributed by atoms with E-state index in [9.17, 15) is 9.90 Å². The summed E-state index contributed by atoms with van der Waals surface area (Å²) in [7, 11) is 0. The van der Waals surface area contributed by atoms with Gasteiger partial charge in [-0.05, 0) is 43.4 Å². The van der Waals surface area contributed by atoms with Crippen LogP contribution in [0.4, 0.5) is 5.69 Å². The number of anilines is 1. The second kappa shape index (κ2) is 8.18. The number of nitrogens with zero attached hydrogens (tertiary/aromatic N) is 1. The van der Waals surface area contributed by atoms with Gasteiger partial charge in [0.15, 0.2) is 0 Å². The van der Waals surface area contributed by atoms with Gasteiger partial charge in [-0.3, -0.25) is 4.79 Å². The van der Waals surface area contributed by atoms with Gasteiger partial charge in [-0.1, -0.05) is 12.1 Å². The van der Waals surface area contributed by atoms with Crippen molar-refractivity contribution in [1.82, 2.24) is 4.90 Å². The van der Waals surface area contributed by atoms with E-state index < -0.39 is 6.10 Å². The summed E-state index contributed by atoms with van der Waals surface area (Å²) in [6, 6.07) is 8.14. The number of nitrogens with one attached hydrogen (secondary N) is 1. The fourth-order valence-electron chi connectivity index (χ4n) is 3.35. The molecule has 2 unspecified atom stereocenters. The van der Waals surface area contributed by atoms with Crippen molar-refractivity contribution in [3.05, 3.63) is 29.8 Å². The fourth-order valence-corrected chi connectivity index (χ4v) is 4.33. The monoisotopic (exact) mass is 334 g/mol. The first-order valence-corrected chi connectivity index (χ1v) is 9.76. The summed E-state index contributed by atoms with van der Waals surface area (Å²) in [5.74, 6) is 2.20. The van der Waals surface area contributed by atoms with Crippen LogP contribution in [0.15, 0.2) is 24.3 Å². The lowest BCUT2D eigenvalue weighted by atomic mass is 10.0. The van der Waals surface area contributed by atoms with Crippen LogP contribution >= 0.6 is 11.8 Å². The van der Waals surface area contributed by atoms with Gasteiger partial charge in [0.05, 0.1) is 12.0 Å². The van der Waals surface area contributed by atoms with E-state index in [1.54, 1.807) is 0 Å². The minimum Gasteiger partial charge on any atom is -0.392 e. The Morgan fingerprint density at radius 2 is 1.96 bits per heavy atom. The van der Waals surface area contributed by atoms with Crippen LogP contribution in [-0.2, 0) is 11.2 Å². The number of hydrogen-bond acceptors (Lipinski definition) is 4. The molecule has 2 fully saturated rings. The summed E-state index contributed by atoms with van der Waals surface area (Å²) < 4.78 is 0. The number of carbonyl (C=O) groups is 1. The van der Waals surface area contributed by atoms with Crippen LogP contribution in [0.25, 0.3) is 0 Å². The molecule has 0 aromatic heterocycles. The molecule has 0 spiro atoms. The first kappa shape index (κ1) is 16.8. The molecule has 1 aromatic carbocycles. The summed E-state index contributed by atoms with van der Waals surface area (Å²) in [6.07, 6.45) is 3.05. The molecular weight excluding hydrogens is 308 g/mol. The first-order valence-electron chi connectivity index (χ1n) is 8.60. The lowest BCUT2D eigenvalue weighted by Crippen LogP contribution is -2.34. The van der Waals surface area contributed by atoms with Crippen LogP contribution in [0.2, 0.25) is 0 Å². The minimum atomic E-state index is -0.475. The van der Waals surface area contributed by atoms with Gasteiger partial charge in [0, 0.05) is 36.8 Å². The molecule has 1 amide bonds. The SMILES string of the molecule is O=C(Nc1ccc(CCN2CCSCC2)cc1)C1CCCC1O. The van der Waals surface area contributed by atoms with Crippen molar-refractivity contribution in [2.24, 2.45) is 5.92 Å². The molecule has 0 bridgehead atoms. The lowest BCUT2D eigenvalue weighted by molar-refractivity contribution is -0.122. The third-order valence-corrected chi connectivity index (χ3v) is 5.80. The highest BCUT2D eigenvalue weighted by atomic mass is 32.2. The molecule has 5 heteroatoms. The Labute approximate surface area is 142 Å². The second-order valence-electron chi connectivity index (χ2n) is 6.49. The Morgan fingerprint density at radius 1 is 1.22 bits per heavy atom. The third kappa shape index (κ3) is 4.72. The molecule has 1 aliphatic heterocycles. The number of rotatable bonds is 5. The molecule has 126 valence electrons. The zero-order chi connectivity index (χ0) is 16.1. The fraction of sp³-hybridized carbons (Fsp3) is 0.611. The largest absolute Gasteiger partial charge is 0.392 e. The van der Waals surface area contributed by atoms with E-state index in [2.05, 4.69) is 22.3 Å².